The predicted molar refractivity (Wildman–Crippen MR) is 82.7 cm³/mol. The first-order chi connectivity index (χ1) is 9.06. The molecule has 4 heteroatoms. The molecule has 2 N–H and O–H groups in total. The predicted octanol–water partition coefficient (Wildman–Crippen LogP) is 4.51. The van der Waals surface area contributed by atoms with Crippen molar-refractivity contribution in [3.8, 4) is 0 Å². The second-order valence-electron chi connectivity index (χ2n) is 4.35. The number of benzene rings is 3. The van der Waals surface area contributed by atoms with E-state index in [1.165, 1.54) is 0 Å². The van der Waals surface area contributed by atoms with Gasteiger partial charge in [0.1, 0.15) is 0 Å². The van der Waals surface area contributed by atoms with Gasteiger partial charge in [-0.25, -0.2) is 0 Å². The topological polar surface area (TPSA) is 43.1 Å². The average Bonchev–Trinajstić information content (AvgIpc) is 2.37. The molecule has 0 saturated carbocycles. The maximum Gasteiger partial charge on any atom is 0.249 e. The molecule has 0 atom stereocenters. The molecule has 3 aromatic rings. The zero-order chi connectivity index (χ0) is 13.6. The Kier molecular flexibility index (Phi) is 2.96. The van der Waals surface area contributed by atoms with Crippen molar-refractivity contribution in [2.24, 2.45) is 5.73 Å². The Morgan fingerprint density at radius 1 is 1.00 bits per heavy atom. The van der Waals surface area contributed by atoms with Crippen molar-refractivity contribution in [1.82, 2.24) is 0 Å². The number of rotatable bonds is 1. The zero-order valence-corrected chi connectivity index (χ0v) is 12.1. The third-order valence-electron chi connectivity index (χ3n) is 3.15. The van der Waals surface area contributed by atoms with Crippen molar-refractivity contribution in [3.05, 3.63) is 57.5 Å². The van der Waals surface area contributed by atoms with E-state index in [1.807, 2.05) is 36.4 Å². The SMILES string of the molecule is NC(=O)c1ccc(Br)c2cc3cc(Cl)ccc3cc12. The van der Waals surface area contributed by atoms with Gasteiger partial charge in [-0.15, -0.1) is 0 Å². The molecule has 0 aliphatic carbocycles. The lowest BCUT2D eigenvalue weighted by Gasteiger charge is -2.08. The van der Waals surface area contributed by atoms with Gasteiger partial charge < -0.3 is 5.73 Å². The Balaban J connectivity index is 2.49. The number of nitrogens with two attached hydrogens (primary N) is 1. The third-order valence-corrected chi connectivity index (χ3v) is 4.07. The summed E-state index contributed by atoms with van der Waals surface area (Å²) in [6.07, 6.45) is 0. The van der Waals surface area contributed by atoms with E-state index in [9.17, 15) is 4.79 Å². The molecule has 1 amide bonds. The molecule has 0 aromatic heterocycles. The number of hydrogen-bond acceptors (Lipinski definition) is 1. The number of carbonyl (C=O) groups excluding carboxylic acids is 1. The number of hydrogen-bond donors (Lipinski definition) is 1. The van der Waals surface area contributed by atoms with E-state index >= 15 is 0 Å². The van der Waals surface area contributed by atoms with Crippen molar-refractivity contribution in [1.29, 1.82) is 0 Å². The highest BCUT2D eigenvalue weighted by Gasteiger charge is 2.10. The highest BCUT2D eigenvalue weighted by Crippen LogP contribution is 2.32. The van der Waals surface area contributed by atoms with Crippen LogP contribution in [0, 0.1) is 0 Å². The molecule has 19 heavy (non-hydrogen) atoms. The summed E-state index contributed by atoms with van der Waals surface area (Å²) < 4.78 is 0.925. The van der Waals surface area contributed by atoms with E-state index in [1.54, 1.807) is 6.07 Å². The normalized spacial score (nSPS) is 11.1. The van der Waals surface area contributed by atoms with Crippen molar-refractivity contribution in [2.75, 3.05) is 0 Å². The molecule has 94 valence electrons. The minimum absolute atomic E-state index is 0.425. The summed E-state index contributed by atoms with van der Waals surface area (Å²) in [6, 6.07) is 13.2. The van der Waals surface area contributed by atoms with Gasteiger partial charge in [0.05, 0.1) is 0 Å². The molecule has 3 aromatic carbocycles. The number of fused-ring (bicyclic) bond motifs is 2. The number of amides is 1. The lowest BCUT2D eigenvalue weighted by molar-refractivity contribution is 0.100. The molecule has 2 nitrogen and oxygen atoms in total. The molecule has 0 bridgehead atoms. The Hall–Kier alpha value is -1.58. The third kappa shape index (κ3) is 2.09. The van der Waals surface area contributed by atoms with Gasteiger partial charge in [0.2, 0.25) is 5.91 Å². The summed E-state index contributed by atoms with van der Waals surface area (Å²) in [5.74, 6) is -0.425. The van der Waals surface area contributed by atoms with Gasteiger partial charge >= 0.3 is 0 Å². The van der Waals surface area contributed by atoms with Gasteiger partial charge in [-0.3, -0.25) is 4.79 Å². The second-order valence-corrected chi connectivity index (χ2v) is 5.64. The first-order valence-electron chi connectivity index (χ1n) is 5.67. The van der Waals surface area contributed by atoms with Gasteiger partial charge in [0.15, 0.2) is 0 Å². The summed E-state index contributed by atoms with van der Waals surface area (Å²) in [7, 11) is 0. The molecule has 0 heterocycles. The average molecular weight is 335 g/mol. The first kappa shape index (κ1) is 12.5. The van der Waals surface area contributed by atoms with E-state index in [0.717, 1.165) is 26.0 Å². The fraction of sp³-hybridized carbons (Fsp3) is 0. The molecule has 0 aliphatic heterocycles. The summed E-state index contributed by atoms with van der Waals surface area (Å²) in [5.41, 5.74) is 5.95. The van der Waals surface area contributed by atoms with Gasteiger partial charge in [0.25, 0.3) is 0 Å². The molecular weight excluding hydrogens is 326 g/mol. The minimum Gasteiger partial charge on any atom is -0.366 e. The molecule has 0 radical (unpaired) electrons. The van der Waals surface area contributed by atoms with Crippen LogP contribution in [0.1, 0.15) is 10.4 Å². The fourth-order valence-corrected chi connectivity index (χ4v) is 2.88. The van der Waals surface area contributed by atoms with Gasteiger partial charge in [-0.05, 0) is 57.9 Å². The van der Waals surface area contributed by atoms with E-state index in [2.05, 4.69) is 15.9 Å². The molecular formula is C15H9BrClNO. The van der Waals surface area contributed by atoms with Crippen LogP contribution in [0.4, 0.5) is 0 Å². The summed E-state index contributed by atoms with van der Waals surface area (Å²) in [6.45, 7) is 0. The van der Waals surface area contributed by atoms with E-state index < -0.39 is 5.91 Å². The molecule has 0 aliphatic rings. The van der Waals surface area contributed by atoms with Crippen molar-refractivity contribution >= 4 is 55.0 Å². The molecule has 0 fully saturated rings. The van der Waals surface area contributed by atoms with Crippen LogP contribution in [0.3, 0.4) is 0 Å². The Morgan fingerprint density at radius 3 is 2.47 bits per heavy atom. The van der Waals surface area contributed by atoms with Crippen molar-refractivity contribution in [2.45, 2.75) is 0 Å². The van der Waals surface area contributed by atoms with Gasteiger partial charge in [0, 0.05) is 15.1 Å². The molecule has 3 rings (SSSR count). The van der Waals surface area contributed by atoms with Crippen LogP contribution in [0.15, 0.2) is 46.9 Å². The van der Waals surface area contributed by atoms with Crippen LogP contribution in [0.25, 0.3) is 21.5 Å². The van der Waals surface area contributed by atoms with E-state index in [0.29, 0.717) is 10.6 Å². The van der Waals surface area contributed by atoms with Crippen LogP contribution >= 0.6 is 27.5 Å². The Bertz CT molecular complexity index is 829. The zero-order valence-electron chi connectivity index (χ0n) is 9.78. The lowest BCUT2D eigenvalue weighted by atomic mass is 9.99. The quantitative estimate of drug-likeness (QED) is 0.654. The molecule has 0 saturated heterocycles. The van der Waals surface area contributed by atoms with Gasteiger partial charge in [-0.1, -0.05) is 33.6 Å². The van der Waals surface area contributed by atoms with Crippen molar-refractivity contribution in [3.63, 3.8) is 0 Å². The van der Waals surface area contributed by atoms with Crippen LogP contribution in [-0.2, 0) is 0 Å². The molecule has 0 unspecified atom stereocenters. The monoisotopic (exact) mass is 333 g/mol. The number of halogens is 2. The fourth-order valence-electron chi connectivity index (χ4n) is 2.24. The maximum atomic E-state index is 11.5. The summed E-state index contributed by atoms with van der Waals surface area (Å²) in [4.78, 5) is 11.5. The van der Waals surface area contributed by atoms with E-state index in [4.69, 9.17) is 17.3 Å². The smallest absolute Gasteiger partial charge is 0.249 e. The summed E-state index contributed by atoms with van der Waals surface area (Å²) >= 11 is 9.50. The summed E-state index contributed by atoms with van der Waals surface area (Å²) in [5, 5.41) is 4.54. The first-order valence-corrected chi connectivity index (χ1v) is 6.85. The van der Waals surface area contributed by atoms with E-state index in [-0.39, 0.29) is 0 Å². The number of primary amides is 1. The number of carbonyl (C=O) groups is 1. The van der Waals surface area contributed by atoms with Crippen LogP contribution < -0.4 is 5.73 Å². The highest BCUT2D eigenvalue weighted by molar-refractivity contribution is 9.10. The second kappa shape index (κ2) is 4.51. The Morgan fingerprint density at radius 2 is 1.74 bits per heavy atom. The van der Waals surface area contributed by atoms with Crippen LogP contribution in [0.2, 0.25) is 5.02 Å². The minimum atomic E-state index is -0.425. The van der Waals surface area contributed by atoms with Crippen molar-refractivity contribution < 1.29 is 4.79 Å². The van der Waals surface area contributed by atoms with Crippen LogP contribution in [-0.4, -0.2) is 5.91 Å². The lowest BCUT2D eigenvalue weighted by Crippen LogP contribution is -2.11. The maximum absolute atomic E-state index is 11.5. The van der Waals surface area contributed by atoms with Gasteiger partial charge in [-0.2, -0.15) is 0 Å². The molecule has 0 spiro atoms. The van der Waals surface area contributed by atoms with Crippen LogP contribution in [0.5, 0.6) is 0 Å². The Labute approximate surface area is 123 Å². The standard InChI is InChI=1S/C15H9BrClNO/c16-14-4-3-11(15(18)19)12-6-8-1-2-10(17)5-9(8)7-13(12)14/h1-7H,(H2,18,19). The highest BCUT2D eigenvalue weighted by atomic mass is 79.9. The largest absolute Gasteiger partial charge is 0.366 e.